The summed E-state index contributed by atoms with van der Waals surface area (Å²) in [4.78, 5) is 14.4. The lowest BCUT2D eigenvalue weighted by molar-refractivity contribution is -0.136. The second-order valence-electron chi connectivity index (χ2n) is 5.68. The van der Waals surface area contributed by atoms with Crippen LogP contribution in [0.4, 0.5) is 0 Å². The minimum Gasteiger partial charge on any atom is -0.342 e. The lowest BCUT2D eigenvalue weighted by atomic mass is 10.0. The molecule has 1 saturated heterocycles. The van der Waals surface area contributed by atoms with Crippen LogP contribution in [0.25, 0.3) is 0 Å². The molecule has 2 fully saturated rings. The third-order valence-corrected chi connectivity index (χ3v) is 4.93. The zero-order valence-corrected chi connectivity index (χ0v) is 11.2. The number of carbonyl (C=O) groups excluding carboxylic acids is 1. The topological polar surface area (TPSA) is 20.3 Å². The van der Waals surface area contributed by atoms with Gasteiger partial charge in [-0.2, -0.15) is 12.6 Å². The van der Waals surface area contributed by atoms with Crippen LogP contribution in [-0.2, 0) is 4.79 Å². The fourth-order valence-corrected chi connectivity index (χ4v) is 3.24. The first-order chi connectivity index (χ1) is 7.58. The number of carbonyl (C=O) groups is 1. The SMILES string of the molecule is CC1CC(C(=O)N2CCC(S)CC2)CC1C. The van der Waals surface area contributed by atoms with Gasteiger partial charge in [-0.25, -0.2) is 0 Å². The summed E-state index contributed by atoms with van der Waals surface area (Å²) < 4.78 is 0. The molecule has 1 aliphatic carbocycles. The van der Waals surface area contributed by atoms with Crippen molar-refractivity contribution in [3.05, 3.63) is 0 Å². The van der Waals surface area contributed by atoms with Crippen molar-refractivity contribution in [1.82, 2.24) is 4.90 Å². The van der Waals surface area contributed by atoms with Crippen molar-refractivity contribution in [3.8, 4) is 0 Å². The molecule has 1 aliphatic heterocycles. The molecule has 0 radical (unpaired) electrons. The lowest BCUT2D eigenvalue weighted by Gasteiger charge is -2.31. The third-order valence-electron chi connectivity index (χ3n) is 4.41. The fourth-order valence-electron chi connectivity index (χ4n) is 3.00. The molecular formula is C13H23NOS. The molecule has 0 bridgehead atoms. The number of nitrogens with zero attached hydrogens (tertiary/aromatic N) is 1. The van der Waals surface area contributed by atoms with Gasteiger partial charge in [-0.05, 0) is 37.5 Å². The summed E-state index contributed by atoms with van der Waals surface area (Å²) in [7, 11) is 0. The van der Waals surface area contributed by atoms with E-state index in [1.807, 2.05) is 0 Å². The number of hydrogen-bond donors (Lipinski definition) is 1. The van der Waals surface area contributed by atoms with Crippen molar-refractivity contribution < 1.29 is 4.79 Å². The Kier molecular flexibility index (Phi) is 3.83. The van der Waals surface area contributed by atoms with Crippen molar-refractivity contribution >= 4 is 18.5 Å². The maximum Gasteiger partial charge on any atom is 0.225 e. The predicted octanol–water partition coefficient (Wildman–Crippen LogP) is 2.59. The molecule has 0 spiro atoms. The van der Waals surface area contributed by atoms with E-state index in [1.54, 1.807) is 0 Å². The van der Waals surface area contributed by atoms with Crippen molar-refractivity contribution in [3.63, 3.8) is 0 Å². The van der Waals surface area contributed by atoms with E-state index in [2.05, 4.69) is 31.4 Å². The van der Waals surface area contributed by atoms with Gasteiger partial charge in [0.05, 0.1) is 0 Å². The van der Waals surface area contributed by atoms with Gasteiger partial charge in [0.2, 0.25) is 5.91 Å². The van der Waals surface area contributed by atoms with Crippen LogP contribution in [-0.4, -0.2) is 29.1 Å². The van der Waals surface area contributed by atoms with Crippen molar-refractivity contribution in [1.29, 1.82) is 0 Å². The summed E-state index contributed by atoms with van der Waals surface area (Å²) in [5.41, 5.74) is 0. The van der Waals surface area contributed by atoms with Crippen molar-refractivity contribution in [2.75, 3.05) is 13.1 Å². The highest BCUT2D eigenvalue weighted by Crippen LogP contribution is 2.37. The predicted molar refractivity (Wildman–Crippen MR) is 69.6 cm³/mol. The molecule has 1 amide bonds. The monoisotopic (exact) mass is 241 g/mol. The number of piperidine rings is 1. The summed E-state index contributed by atoms with van der Waals surface area (Å²) in [5.74, 6) is 2.16. The van der Waals surface area contributed by atoms with E-state index in [0.29, 0.717) is 17.1 Å². The van der Waals surface area contributed by atoms with Crippen molar-refractivity contribution in [2.24, 2.45) is 17.8 Å². The minimum absolute atomic E-state index is 0.307. The van der Waals surface area contributed by atoms with Crippen LogP contribution < -0.4 is 0 Å². The number of hydrogen-bond acceptors (Lipinski definition) is 2. The largest absolute Gasteiger partial charge is 0.342 e. The number of likely N-dealkylation sites (tertiary alicyclic amines) is 1. The molecule has 1 heterocycles. The molecule has 0 aromatic carbocycles. The molecule has 0 aromatic rings. The Hall–Kier alpha value is -0.180. The zero-order chi connectivity index (χ0) is 11.7. The maximum absolute atomic E-state index is 12.3. The standard InChI is InChI=1S/C13H23NOS/c1-9-7-11(8-10(9)2)13(15)14-5-3-12(16)4-6-14/h9-12,16H,3-8H2,1-2H3. The van der Waals surface area contributed by atoms with Gasteiger partial charge in [-0.15, -0.1) is 0 Å². The molecule has 3 heteroatoms. The first kappa shape index (κ1) is 12.3. The average Bonchev–Trinajstić information content (AvgIpc) is 2.59. The van der Waals surface area contributed by atoms with E-state index in [4.69, 9.17) is 0 Å². The molecule has 16 heavy (non-hydrogen) atoms. The van der Waals surface area contributed by atoms with Crippen molar-refractivity contribution in [2.45, 2.75) is 44.8 Å². The van der Waals surface area contributed by atoms with E-state index in [9.17, 15) is 4.79 Å². The molecule has 0 aromatic heterocycles. The van der Waals surface area contributed by atoms with Crippen LogP contribution in [0.2, 0.25) is 0 Å². The lowest BCUT2D eigenvalue weighted by Crippen LogP contribution is -2.41. The van der Waals surface area contributed by atoms with E-state index in [0.717, 1.165) is 50.6 Å². The first-order valence-corrected chi connectivity index (χ1v) is 7.06. The second-order valence-corrected chi connectivity index (χ2v) is 6.41. The zero-order valence-electron chi connectivity index (χ0n) is 10.4. The quantitative estimate of drug-likeness (QED) is 0.700. The Bertz CT molecular complexity index is 251. The van der Waals surface area contributed by atoms with Crippen LogP contribution in [0, 0.1) is 17.8 Å². The van der Waals surface area contributed by atoms with Crippen LogP contribution >= 0.6 is 12.6 Å². The number of thiol groups is 1. The molecule has 2 rings (SSSR count). The summed E-state index contributed by atoms with van der Waals surface area (Å²) in [6.45, 7) is 6.40. The Morgan fingerprint density at radius 3 is 2.12 bits per heavy atom. The number of amides is 1. The highest BCUT2D eigenvalue weighted by Gasteiger charge is 2.35. The third kappa shape index (κ3) is 2.55. The molecule has 2 unspecified atom stereocenters. The van der Waals surface area contributed by atoms with Crippen LogP contribution in [0.3, 0.4) is 0 Å². The Labute approximate surface area is 104 Å². The highest BCUT2D eigenvalue weighted by molar-refractivity contribution is 7.80. The van der Waals surface area contributed by atoms with E-state index in [-0.39, 0.29) is 0 Å². The molecule has 2 nitrogen and oxygen atoms in total. The Morgan fingerprint density at radius 1 is 1.12 bits per heavy atom. The van der Waals surface area contributed by atoms with Gasteiger partial charge in [-0.1, -0.05) is 13.8 Å². The van der Waals surface area contributed by atoms with E-state index >= 15 is 0 Å². The normalized spacial score (nSPS) is 36.7. The summed E-state index contributed by atoms with van der Waals surface area (Å²) >= 11 is 4.47. The summed E-state index contributed by atoms with van der Waals surface area (Å²) in [6.07, 6.45) is 4.32. The van der Waals surface area contributed by atoms with Gasteiger partial charge in [-0.3, -0.25) is 4.79 Å². The molecule has 92 valence electrons. The molecular weight excluding hydrogens is 218 g/mol. The number of rotatable bonds is 1. The molecule has 2 aliphatic rings. The minimum atomic E-state index is 0.307. The van der Waals surface area contributed by atoms with Gasteiger partial charge in [0.25, 0.3) is 0 Å². The van der Waals surface area contributed by atoms with E-state index < -0.39 is 0 Å². The van der Waals surface area contributed by atoms with Gasteiger partial charge >= 0.3 is 0 Å². The molecule has 1 saturated carbocycles. The van der Waals surface area contributed by atoms with Crippen LogP contribution in [0.5, 0.6) is 0 Å². The molecule has 0 N–H and O–H groups in total. The fraction of sp³-hybridized carbons (Fsp3) is 0.923. The second kappa shape index (κ2) is 4.99. The molecule has 2 atom stereocenters. The average molecular weight is 241 g/mol. The smallest absolute Gasteiger partial charge is 0.225 e. The van der Waals surface area contributed by atoms with E-state index in [1.165, 1.54) is 0 Å². The first-order valence-electron chi connectivity index (χ1n) is 6.54. The summed E-state index contributed by atoms with van der Waals surface area (Å²) in [6, 6.07) is 0. The Balaban J connectivity index is 1.88. The van der Waals surface area contributed by atoms with Crippen LogP contribution in [0.1, 0.15) is 39.5 Å². The highest BCUT2D eigenvalue weighted by atomic mass is 32.1. The summed E-state index contributed by atoms with van der Waals surface area (Å²) in [5, 5.41) is 0.505. The van der Waals surface area contributed by atoms with Gasteiger partial charge in [0.1, 0.15) is 0 Å². The maximum atomic E-state index is 12.3. The van der Waals surface area contributed by atoms with Gasteiger partial charge in [0, 0.05) is 24.3 Å². The van der Waals surface area contributed by atoms with Gasteiger partial charge < -0.3 is 4.90 Å². The van der Waals surface area contributed by atoms with Gasteiger partial charge in [0.15, 0.2) is 0 Å². The Morgan fingerprint density at radius 2 is 1.62 bits per heavy atom. The van der Waals surface area contributed by atoms with Crippen LogP contribution in [0.15, 0.2) is 0 Å².